The third kappa shape index (κ3) is 4.36. The van der Waals surface area contributed by atoms with Crippen LogP contribution < -0.4 is 4.74 Å². The van der Waals surface area contributed by atoms with Crippen molar-refractivity contribution in [1.82, 2.24) is 14.6 Å². The summed E-state index contributed by atoms with van der Waals surface area (Å²) in [7, 11) is -2.13. The number of aromatic nitrogens is 2. The van der Waals surface area contributed by atoms with E-state index in [-0.39, 0.29) is 16.2 Å². The third-order valence-corrected chi connectivity index (χ3v) is 9.01. The highest BCUT2D eigenvalue weighted by molar-refractivity contribution is 7.99. The predicted octanol–water partition coefficient (Wildman–Crippen LogP) is 4.66. The van der Waals surface area contributed by atoms with Crippen molar-refractivity contribution in [2.45, 2.75) is 33.4 Å². The van der Waals surface area contributed by atoms with Gasteiger partial charge in [-0.3, -0.25) is 0 Å². The number of phenols is 1. The molecule has 4 aromatic rings. The molecule has 1 saturated heterocycles. The lowest BCUT2D eigenvalue weighted by Gasteiger charge is -2.31. The van der Waals surface area contributed by atoms with E-state index in [1.165, 1.54) is 21.6 Å². The first kappa shape index (κ1) is 22.7. The minimum atomic E-state index is -3.77. The largest absolute Gasteiger partial charge is 0.508 e. The average molecular weight is 498 g/mol. The lowest BCUT2D eigenvalue weighted by atomic mass is 9.90. The fourth-order valence-electron chi connectivity index (χ4n) is 4.23. The van der Waals surface area contributed by atoms with Gasteiger partial charge in [-0.15, -0.1) is 0 Å². The number of benzene rings is 3. The molecule has 1 aromatic heterocycles. The van der Waals surface area contributed by atoms with E-state index in [1.54, 1.807) is 37.4 Å². The molecule has 3 aromatic carbocycles. The van der Waals surface area contributed by atoms with Crippen molar-refractivity contribution in [2.75, 3.05) is 20.2 Å². The Balaban J connectivity index is 1.36. The van der Waals surface area contributed by atoms with Gasteiger partial charge in [0.25, 0.3) is 0 Å². The Morgan fingerprint density at radius 1 is 1.03 bits per heavy atom. The second-order valence-corrected chi connectivity index (χ2v) is 11.1. The maximum atomic E-state index is 13.5. The van der Waals surface area contributed by atoms with Crippen molar-refractivity contribution in [3.8, 4) is 11.5 Å². The molecule has 1 N–H and O–H groups in total. The van der Waals surface area contributed by atoms with E-state index >= 15 is 0 Å². The first-order chi connectivity index (χ1) is 16.5. The van der Waals surface area contributed by atoms with Crippen LogP contribution in [0.1, 0.15) is 24.3 Å². The summed E-state index contributed by atoms with van der Waals surface area (Å²) < 4.78 is 38.7. The highest BCUT2D eigenvalue weighted by Gasteiger charge is 2.32. The number of rotatable bonds is 6. The van der Waals surface area contributed by atoms with Crippen LogP contribution in [0, 0.1) is 0 Å². The minimum absolute atomic E-state index is 0.0897. The summed E-state index contributed by atoms with van der Waals surface area (Å²) in [5, 5.41) is 17.6. The molecule has 1 fully saturated rings. The van der Waals surface area contributed by atoms with Crippen molar-refractivity contribution in [3.05, 3.63) is 66.2 Å². The molecule has 0 amide bonds. The molecule has 8 nitrogen and oxygen atoms in total. The molecule has 0 atom stereocenters. The van der Waals surface area contributed by atoms with Crippen LogP contribution in [0.2, 0.25) is 0 Å². The predicted molar refractivity (Wildman–Crippen MR) is 128 cm³/mol. The first-order valence-electron chi connectivity index (χ1n) is 10.8. The molecule has 0 unspecified atom stereocenters. The lowest BCUT2D eigenvalue weighted by Crippen LogP contribution is -2.38. The number of aromatic hydroxyl groups is 1. The topological polar surface area (TPSA) is 106 Å². The van der Waals surface area contributed by atoms with Crippen LogP contribution in [0.25, 0.3) is 11.0 Å². The number of ether oxygens (including phenoxy) is 1. The zero-order chi connectivity index (χ0) is 23.7. The van der Waals surface area contributed by atoms with Crippen LogP contribution in [-0.2, 0) is 10.0 Å². The number of methoxy groups -OCH3 is 1. The van der Waals surface area contributed by atoms with Gasteiger partial charge in [0.15, 0.2) is 11.0 Å². The molecule has 1 aliphatic heterocycles. The Kier molecular flexibility index (Phi) is 6.20. The van der Waals surface area contributed by atoms with Gasteiger partial charge >= 0.3 is 0 Å². The maximum absolute atomic E-state index is 13.5. The van der Waals surface area contributed by atoms with Crippen molar-refractivity contribution in [3.63, 3.8) is 0 Å². The van der Waals surface area contributed by atoms with E-state index in [0.29, 0.717) is 29.4 Å². The Labute approximate surface area is 201 Å². The molecule has 0 saturated carbocycles. The number of phenolic OH excluding ortho intramolecular Hbond substituents is 1. The van der Waals surface area contributed by atoms with Gasteiger partial charge in [-0.05, 0) is 77.1 Å². The van der Waals surface area contributed by atoms with Gasteiger partial charge in [0.05, 0.1) is 7.11 Å². The number of sulfonamides is 1. The summed E-state index contributed by atoms with van der Waals surface area (Å²) in [6.45, 7) is 0.844. The SMILES string of the molecule is COc1ccc(C2CCN(S(=O)(=O)c3ccc(Sc4cccc(O)c4)c4nonc34)CC2)cc1. The summed E-state index contributed by atoms with van der Waals surface area (Å²) in [4.78, 5) is 1.58. The van der Waals surface area contributed by atoms with Crippen LogP contribution in [0.5, 0.6) is 11.5 Å². The molecule has 2 heterocycles. The fourth-order valence-corrected chi connectivity index (χ4v) is 6.77. The molecule has 0 radical (unpaired) electrons. The number of hydrogen-bond acceptors (Lipinski definition) is 8. The van der Waals surface area contributed by atoms with Crippen molar-refractivity contribution in [2.24, 2.45) is 0 Å². The Morgan fingerprint density at radius 2 is 1.76 bits per heavy atom. The zero-order valence-electron chi connectivity index (χ0n) is 18.4. The molecule has 10 heteroatoms. The molecule has 0 spiro atoms. The van der Waals surface area contributed by atoms with E-state index in [9.17, 15) is 13.5 Å². The summed E-state index contributed by atoms with van der Waals surface area (Å²) in [6, 6.07) is 18.0. The van der Waals surface area contributed by atoms with E-state index in [4.69, 9.17) is 9.37 Å². The van der Waals surface area contributed by atoms with E-state index in [0.717, 1.165) is 23.5 Å². The van der Waals surface area contributed by atoms with Gasteiger partial charge in [0.2, 0.25) is 10.0 Å². The number of nitrogens with zero attached hydrogens (tertiary/aromatic N) is 3. The molecule has 0 aliphatic carbocycles. The standard InChI is InChI=1S/C24H23N3O5S2/c1-31-19-7-5-16(6-8-19)17-11-13-27(14-12-17)34(29,30)22-10-9-21(23-24(22)26-32-25-23)33-20-4-2-3-18(28)15-20/h2-10,15,17,28H,11-14H2,1H3. The van der Waals surface area contributed by atoms with Gasteiger partial charge in [0, 0.05) is 22.9 Å². The second kappa shape index (κ2) is 9.28. The van der Waals surface area contributed by atoms with E-state index < -0.39 is 10.0 Å². The van der Waals surface area contributed by atoms with Gasteiger partial charge in [-0.25, -0.2) is 13.0 Å². The minimum Gasteiger partial charge on any atom is -0.508 e. The van der Waals surface area contributed by atoms with Gasteiger partial charge in [0.1, 0.15) is 16.4 Å². The normalized spacial score (nSPS) is 15.6. The monoisotopic (exact) mass is 497 g/mol. The summed E-state index contributed by atoms with van der Waals surface area (Å²) in [6.07, 6.45) is 1.47. The van der Waals surface area contributed by atoms with Gasteiger partial charge in [-0.2, -0.15) is 4.31 Å². The maximum Gasteiger partial charge on any atom is 0.245 e. The second-order valence-electron chi connectivity index (χ2n) is 8.07. The van der Waals surface area contributed by atoms with Crippen LogP contribution in [0.3, 0.4) is 0 Å². The fraction of sp³-hybridized carbons (Fsp3) is 0.250. The summed E-state index contributed by atoms with van der Waals surface area (Å²) in [5.74, 6) is 1.25. The first-order valence-corrected chi connectivity index (χ1v) is 13.1. The van der Waals surface area contributed by atoms with Crippen LogP contribution in [0.4, 0.5) is 0 Å². The quantitative estimate of drug-likeness (QED) is 0.410. The van der Waals surface area contributed by atoms with Crippen LogP contribution in [0.15, 0.2) is 80.0 Å². The van der Waals surface area contributed by atoms with E-state index in [1.807, 2.05) is 30.3 Å². The van der Waals surface area contributed by atoms with Gasteiger partial charge in [-0.1, -0.05) is 30.0 Å². The van der Waals surface area contributed by atoms with Gasteiger partial charge < -0.3 is 9.84 Å². The molecule has 176 valence electrons. The Morgan fingerprint density at radius 3 is 2.47 bits per heavy atom. The highest BCUT2D eigenvalue weighted by atomic mass is 32.2. The van der Waals surface area contributed by atoms with Crippen LogP contribution >= 0.6 is 11.8 Å². The molecule has 1 aliphatic rings. The van der Waals surface area contributed by atoms with Crippen molar-refractivity contribution >= 4 is 32.8 Å². The molecule has 0 bridgehead atoms. The summed E-state index contributed by atoms with van der Waals surface area (Å²) in [5.41, 5.74) is 1.78. The highest BCUT2D eigenvalue weighted by Crippen LogP contribution is 2.37. The average Bonchev–Trinajstić information content (AvgIpc) is 3.35. The molecule has 5 rings (SSSR count). The number of hydrogen-bond donors (Lipinski definition) is 1. The lowest BCUT2D eigenvalue weighted by molar-refractivity contribution is 0.313. The Hall–Kier alpha value is -3.08. The molecule has 34 heavy (non-hydrogen) atoms. The summed E-state index contributed by atoms with van der Waals surface area (Å²) >= 11 is 1.35. The van der Waals surface area contributed by atoms with Crippen LogP contribution in [-0.4, -0.2) is 48.3 Å². The zero-order valence-corrected chi connectivity index (χ0v) is 20.1. The van der Waals surface area contributed by atoms with E-state index in [2.05, 4.69) is 10.3 Å². The van der Waals surface area contributed by atoms with Crippen molar-refractivity contribution < 1.29 is 22.9 Å². The number of piperidine rings is 1. The number of fused-ring (bicyclic) bond motifs is 1. The van der Waals surface area contributed by atoms with Crippen molar-refractivity contribution in [1.29, 1.82) is 0 Å². The Bertz CT molecular complexity index is 1410. The molecular formula is C24H23N3O5S2. The third-order valence-electron chi connectivity index (χ3n) is 6.05. The molecular weight excluding hydrogens is 474 g/mol. The smallest absolute Gasteiger partial charge is 0.245 e.